The first-order valence-electron chi connectivity index (χ1n) is 7.92. The van der Waals surface area contributed by atoms with E-state index in [2.05, 4.69) is 34.5 Å². The standard InChI is InChI=1S/C19H19N3O2/c1-3-14-7-9-15(10-8-14)12-21-19(23)17-13(2)24-22-18(17)16-6-4-5-11-20-16/h4-11H,3,12H2,1-2H3,(H,21,23). The highest BCUT2D eigenvalue weighted by Gasteiger charge is 2.22. The van der Waals surface area contributed by atoms with Crippen molar-refractivity contribution in [3.8, 4) is 11.4 Å². The molecule has 1 aromatic carbocycles. The maximum atomic E-state index is 12.6. The lowest BCUT2D eigenvalue weighted by atomic mass is 10.1. The molecule has 0 radical (unpaired) electrons. The van der Waals surface area contributed by atoms with Gasteiger partial charge in [-0.2, -0.15) is 0 Å². The van der Waals surface area contributed by atoms with Crippen LogP contribution in [0.5, 0.6) is 0 Å². The van der Waals surface area contributed by atoms with Crippen LogP contribution < -0.4 is 5.32 Å². The summed E-state index contributed by atoms with van der Waals surface area (Å²) in [7, 11) is 0. The molecule has 1 N–H and O–H groups in total. The molecule has 0 unspecified atom stereocenters. The molecule has 0 saturated carbocycles. The van der Waals surface area contributed by atoms with Crippen molar-refractivity contribution in [2.24, 2.45) is 0 Å². The molecular formula is C19H19N3O2. The fourth-order valence-corrected chi connectivity index (χ4v) is 2.48. The van der Waals surface area contributed by atoms with Crippen molar-refractivity contribution in [1.82, 2.24) is 15.5 Å². The lowest BCUT2D eigenvalue weighted by molar-refractivity contribution is 0.0950. The summed E-state index contributed by atoms with van der Waals surface area (Å²) >= 11 is 0. The van der Waals surface area contributed by atoms with Crippen LogP contribution in [0.25, 0.3) is 11.4 Å². The molecule has 0 aliphatic carbocycles. The van der Waals surface area contributed by atoms with E-state index in [0.717, 1.165) is 12.0 Å². The SMILES string of the molecule is CCc1ccc(CNC(=O)c2c(-c3ccccn3)noc2C)cc1. The van der Waals surface area contributed by atoms with E-state index in [4.69, 9.17) is 4.52 Å². The molecule has 3 aromatic rings. The Morgan fingerprint density at radius 3 is 2.54 bits per heavy atom. The van der Waals surface area contributed by atoms with Gasteiger partial charge in [-0.15, -0.1) is 0 Å². The van der Waals surface area contributed by atoms with Crippen molar-refractivity contribution in [3.05, 3.63) is 71.1 Å². The van der Waals surface area contributed by atoms with Crippen LogP contribution in [0, 0.1) is 6.92 Å². The first kappa shape index (κ1) is 15.9. The van der Waals surface area contributed by atoms with Crippen LogP contribution in [-0.4, -0.2) is 16.0 Å². The van der Waals surface area contributed by atoms with Crippen molar-refractivity contribution >= 4 is 5.91 Å². The van der Waals surface area contributed by atoms with Crippen LogP contribution in [0.1, 0.15) is 34.2 Å². The fraction of sp³-hybridized carbons (Fsp3) is 0.211. The van der Waals surface area contributed by atoms with Crippen LogP contribution in [0.3, 0.4) is 0 Å². The fourth-order valence-electron chi connectivity index (χ4n) is 2.48. The lowest BCUT2D eigenvalue weighted by Crippen LogP contribution is -2.23. The van der Waals surface area contributed by atoms with Crippen LogP contribution >= 0.6 is 0 Å². The summed E-state index contributed by atoms with van der Waals surface area (Å²) in [4.78, 5) is 16.8. The summed E-state index contributed by atoms with van der Waals surface area (Å²) in [6.07, 6.45) is 2.66. The highest BCUT2D eigenvalue weighted by atomic mass is 16.5. The Bertz CT molecular complexity index is 824. The Balaban J connectivity index is 1.76. The zero-order valence-corrected chi connectivity index (χ0v) is 13.7. The molecule has 122 valence electrons. The highest BCUT2D eigenvalue weighted by molar-refractivity contribution is 6.00. The minimum atomic E-state index is -0.214. The number of hydrogen-bond acceptors (Lipinski definition) is 4. The van der Waals surface area contributed by atoms with Crippen LogP contribution in [-0.2, 0) is 13.0 Å². The van der Waals surface area contributed by atoms with Crippen molar-refractivity contribution in [1.29, 1.82) is 0 Å². The number of aryl methyl sites for hydroxylation is 2. The van der Waals surface area contributed by atoms with Crippen LogP contribution in [0.4, 0.5) is 0 Å². The van der Waals surface area contributed by atoms with Gasteiger partial charge < -0.3 is 9.84 Å². The van der Waals surface area contributed by atoms with E-state index in [9.17, 15) is 4.79 Å². The normalized spacial score (nSPS) is 10.6. The minimum absolute atomic E-state index is 0.214. The monoisotopic (exact) mass is 321 g/mol. The highest BCUT2D eigenvalue weighted by Crippen LogP contribution is 2.23. The molecule has 0 spiro atoms. The summed E-state index contributed by atoms with van der Waals surface area (Å²) in [5.41, 5.74) is 3.84. The second-order valence-corrected chi connectivity index (χ2v) is 5.53. The predicted octanol–water partition coefficient (Wildman–Crippen LogP) is 3.54. The molecule has 0 saturated heterocycles. The van der Waals surface area contributed by atoms with Gasteiger partial charge in [0.25, 0.3) is 5.91 Å². The average Bonchev–Trinajstić information content (AvgIpc) is 3.02. The third-order valence-corrected chi connectivity index (χ3v) is 3.88. The Morgan fingerprint density at radius 2 is 1.88 bits per heavy atom. The van der Waals surface area contributed by atoms with Gasteiger partial charge in [0.15, 0.2) is 0 Å². The van der Waals surface area contributed by atoms with Crippen molar-refractivity contribution in [2.75, 3.05) is 0 Å². The van der Waals surface area contributed by atoms with E-state index in [0.29, 0.717) is 29.3 Å². The summed E-state index contributed by atoms with van der Waals surface area (Å²) in [5, 5.41) is 6.91. The number of hydrogen-bond donors (Lipinski definition) is 1. The molecule has 5 nitrogen and oxygen atoms in total. The number of aromatic nitrogens is 2. The molecule has 0 bridgehead atoms. The number of amides is 1. The molecule has 0 aliphatic rings. The first-order valence-corrected chi connectivity index (χ1v) is 7.92. The number of nitrogens with zero attached hydrogens (tertiary/aromatic N) is 2. The van der Waals surface area contributed by atoms with Gasteiger partial charge in [-0.05, 0) is 36.6 Å². The van der Waals surface area contributed by atoms with Gasteiger partial charge in [-0.3, -0.25) is 9.78 Å². The Hall–Kier alpha value is -2.95. The lowest BCUT2D eigenvalue weighted by Gasteiger charge is -2.06. The second-order valence-electron chi connectivity index (χ2n) is 5.53. The largest absolute Gasteiger partial charge is 0.360 e. The molecule has 2 heterocycles. The Morgan fingerprint density at radius 1 is 1.12 bits per heavy atom. The third-order valence-electron chi connectivity index (χ3n) is 3.88. The number of pyridine rings is 1. The van der Waals surface area contributed by atoms with Crippen molar-refractivity contribution < 1.29 is 9.32 Å². The van der Waals surface area contributed by atoms with Gasteiger partial charge in [0.05, 0.1) is 5.69 Å². The van der Waals surface area contributed by atoms with E-state index >= 15 is 0 Å². The average molecular weight is 321 g/mol. The number of carbonyl (C=O) groups is 1. The van der Waals surface area contributed by atoms with E-state index in [1.807, 2.05) is 24.3 Å². The summed E-state index contributed by atoms with van der Waals surface area (Å²) in [5.74, 6) is 0.267. The molecule has 2 aromatic heterocycles. The molecule has 0 aliphatic heterocycles. The topological polar surface area (TPSA) is 68.0 Å². The number of nitrogens with one attached hydrogen (secondary N) is 1. The zero-order chi connectivity index (χ0) is 16.9. The molecule has 3 rings (SSSR count). The number of carbonyl (C=O) groups excluding carboxylic acids is 1. The third kappa shape index (κ3) is 3.35. The van der Waals surface area contributed by atoms with Gasteiger partial charge in [-0.25, -0.2) is 0 Å². The van der Waals surface area contributed by atoms with Crippen molar-refractivity contribution in [2.45, 2.75) is 26.8 Å². The van der Waals surface area contributed by atoms with Crippen LogP contribution in [0.15, 0.2) is 53.2 Å². The molecule has 0 atom stereocenters. The quantitative estimate of drug-likeness (QED) is 0.780. The van der Waals surface area contributed by atoms with Crippen LogP contribution in [0.2, 0.25) is 0 Å². The Labute approximate surface area is 140 Å². The van der Waals surface area contributed by atoms with Gasteiger partial charge >= 0.3 is 0 Å². The molecular weight excluding hydrogens is 302 g/mol. The van der Waals surface area contributed by atoms with E-state index in [1.54, 1.807) is 19.2 Å². The van der Waals surface area contributed by atoms with E-state index in [1.165, 1.54) is 5.56 Å². The number of benzene rings is 1. The van der Waals surface area contributed by atoms with Gasteiger partial charge in [0.2, 0.25) is 0 Å². The van der Waals surface area contributed by atoms with Gasteiger partial charge in [0.1, 0.15) is 17.0 Å². The summed E-state index contributed by atoms with van der Waals surface area (Å²) < 4.78 is 5.20. The smallest absolute Gasteiger partial charge is 0.257 e. The molecule has 24 heavy (non-hydrogen) atoms. The summed E-state index contributed by atoms with van der Waals surface area (Å²) in [6.45, 7) is 4.30. The van der Waals surface area contributed by atoms with Crippen molar-refractivity contribution in [3.63, 3.8) is 0 Å². The second kappa shape index (κ2) is 7.08. The zero-order valence-electron chi connectivity index (χ0n) is 13.7. The predicted molar refractivity (Wildman–Crippen MR) is 91.5 cm³/mol. The maximum absolute atomic E-state index is 12.6. The molecule has 1 amide bonds. The molecule has 5 heteroatoms. The molecule has 0 fully saturated rings. The first-order chi connectivity index (χ1) is 11.7. The Kier molecular flexibility index (Phi) is 4.70. The minimum Gasteiger partial charge on any atom is -0.360 e. The number of rotatable bonds is 5. The van der Waals surface area contributed by atoms with Gasteiger partial charge in [-0.1, -0.05) is 42.4 Å². The van der Waals surface area contributed by atoms with E-state index in [-0.39, 0.29) is 5.91 Å². The van der Waals surface area contributed by atoms with Gasteiger partial charge in [0, 0.05) is 12.7 Å². The van der Waals surface area contributed by atoms with E-state index < -0.39 is 0 Å². The maximum Gasteiger partial charge on any atom is 0.257 e. The summed E-state index contributed by atoms with van der Waals surface area (Å²) in [6, 6.07) is 13.7.